The number of ether oxygens (including phenoxy) is 1. The van der Waals surface area contributed by atoms with Crippen molar-refractivity contribution in [1.82, 2.24) is 4.90 Å². The number of carboxylic acids is 1. The molecular weight excluding hydrogens is 368 g/mol. The molecule has 0 radical (unpaired) electrons. The third-order valence-corrected chi connectivity index (χ3v) is 6.00. The van der Waals surface area contributed by atoms with E-state index in [1.165, 1.54) is 0 Å². The summed E-state index contributed by atoms with van der Waals surface area (Å²) in [5, 5.41) is 9.13. The molecule has 0 spiro atoms. The van der Waals surface area contributed by atoms with E-state index in [1.807, 2.05) is 30.5 Å². The summed E-state index contributed by atoms with van der Waals surface area (Å²) in [7, 11) is 1.57. The van der Waals surface area contributed by atoms with E-state index in [0.717, 1.165) is 10.6 Å². The number of hydrogen-bond donors (Lipinski definition) is 1. The molecule has 8 heteroatoms. The van der Waals surface area contributed by atoms with Gasteiger partial charge in [-0.2, -0.15) is 0 Å². The zero-order valence-electron chi connectivity index (χ0n) is 15.5. The third kappa shape index (κ3) is 4.27. The number of amides is 2. The average molecular weight is 392 g/mol. The Kier molecular flexibility index (Phi) is 6.06. The van der Waals surface area contributed by atoms with Gasteiger partial charge < -0.3 is 19.6 Å². The smallest absolute Gasteiger partial charge is 0.305 e. The predicted octanol–water partition coefficient (Wildman–Crippen LogP) is 1.85. The molecule has 0 bridgehead atoms. The van der Waals surface area contributed by atoms with Crippen LogP contribution in [0, 0.1) is 5.92 Å². The van der Waals surface area contributed by atoms with Crippen LogP contribution in [0.2, 0.25) is 0 Å². The molecule has 3 unspecified atom stereocenters. The van der Waals surface area contributed by atoms with Crippen molar-refractivity contribution in [3.05, 3.63) is 24.3 Å². The molecule has 2 fully saturated rings. The zero-order chi connectivity index (χ0) is 19.6. The summed E-state index contributed by atoms with van der Waals surface area (Å²) in [5.74, 6) is -1.63. The van der Waals surface area contributed by atoms with Gasteiger partial charge in [-0.1, -0.05) is 0 Å². The van der Waals surface area contributed by atoms with E-state index in [4.69, 9.17) is 9.84 Å². The summed E-state index contributed by atoms with van der Waals surface area (Å²) >= 11 is 1.63. The van der Waals surface area contributed by atoms with Crippen molar-refractivity contribution in [2.24, 2.45) is 5.92 Å². The van der Waals surface area contributed by atoms with Crippen LogP contribution >= 0.6 is 11.8 Å². The van der Waals surface area contributed by atoms with Gasteiger partial charge in [0, 0.05) is 43.2 Å². The summed E-state index contributed by atoms with van der Waals surface area (Å²) in [6.07, 6.45) is 2.38. The first-order valence-electron chi connectivity index (χ1n) is 8.92. The van der Waals surface area contributed by atoms with Crippen LogP contribution in [0.4, 0.5) is 5.69 Å². The second kappa shape index (κ2) is 8.31. The lowest BCUT2D eigenvalue weighted by atomic mass is 10.1. The van der Waals surface area contributed by atoms with Gasteiger partial charge in [0.15, 0.2) is 0 Å². The van der Waals surface area contributed by atoms with Crippen molar-refractivity contribution in [2.75, 3.05) is 31.4 Å². The number of rotatable bonds is 6. The predicted molar refractivity (Wildman–Crippen MR) is 102 cm³/mol. The Labute approximate surface area is 162 Å². The van der Waals surface area contributed by atoms with Gasteiger partial charge in [0.1, 0.15) is 0 Å². The fourth-order valence-electron chi connectivity index (χ4n) is 3.83. The number of carbonyl (C=O) groups is 3. The maximum absolute atomic E-state index is 13.0. The first-order valence-corrected chi connectivity index (χ1v) is 10.1. The molecule has 146 valence electrons. The minimum Gasteiger partial charge on any atom is -0.481 e. The van der Waals surface area contributed by atoms with Gasteiger partial charge >= 0.3 is 5.97 Å². The van der Waals surface area contributed by atoms with Gasteiger partial charge in [0.05, 0.1) is 18.4 Å². The normalized spacial score (nSPS) is 25.3. The summed E-state index contributed by atoms with van der Waals surface area (Å²) < 4.78 is 5.33. The van der Waals surface area contributed by atoms with Gasteiger partial charge in [-0.3, -0.25) is 14.4 Å². The Morgan fingerprint density at radius 3 is 2.56 bits per heavy atom. The Bertz CT molecular complexity index is 723. The zero-order valence-corrected chi connectivity index (χ0v) is 16.3. The number of thioether (sulfide) groups is 1. The van der Waals surface area contributed by atoms with E-state index in [2.05, 4.69) is 0 Å². The lowest BCUT2D eigenvalue weighted by Gasteiger charge is -2.26. The molecule has 2 aliphatic heterocycles. The van der Waals surface area contributed by atoms with Crippen LogP contribution in [0.15, 0.2) is 29.2 Å². The first kappa shape index (κ1) is 19.7. The Morgan fingerprint density at radius 1 is 1.26 bits per heavy atom. The highest BCUT2D eigenvalue weighted by Gasteiger charge is 2.43. The largest absolute Gasteiger partial charge is 0.481 e. The van der Waals surface area contributed by atoms with Crippen molar-refractivity contribution in [3.8, 4) is 0 Å². The summed E-state index contributed by atoms with van der Waals surface area (Å²) in [6, 6.07) is 7.30. The third-order valence-electron chi connectivity index (χ3n) is 5.26. The number of carbonyl (C=O) groups excluding carboxylic acids is 2. The van der Waals surface area contributed by atoms with Crippen LogP contribution in [-0.2, 0) is 19.1 Å². The summed E-state index contributed by atoms with van der Waals surface area (Å²) in [4.78, 5) is 41.0. The van der Waals surface area contributed by atoms with E-state index >= 15 is 0 Å². The molecule has 0 aromatic heterocycles. The van der Waals surface area contributed by atoms with Crippen LogP contribution in [-0.4, -0.2) is 66.4 Å². The van der Waals surface area contributed by atoms with Crippen LogP contribution in [0.1, 0.15) is 19.3 Å². The van der Waals surface area contributed by atoms with Crippen LogP contribution in [0.3, 0.4) is 0 Å². The van der Waals surface area contributed by atoms with E-state index in [1.54, 1.807) is 28.7 Å². The number of methoxy groups -OCH3 is 1. The van der Waals surface area contributed by atoms with Gasteiger partial charge in [-0.05, 0) is 36.9 Å². The Balaban J connectivity index is 1.71. The quantitative estimate of drug-likeness (QED) is 0.744. The fraction of sp³-hybridized carbons (Fsp3) is 0.526. The van der Waals surface area contributed by atoms with Gasteiger partial charge in [0.2, 0.25) is 11.8 Å². The number of likely N-dealkylation sites (tertiary alicyclic amines) is 1. The lowest BCUT2D eigenvalue weighted by molar-refractivity contribution is -0.141. The number of nitrogens with zero attached hydrogens (tertiary/aromatic N) is 2. The Morgan fingerprint density at radius 2 is 1.96 bits per heavy atom. The molecule has 3 rings (SSSR count). The standard InChI is InChI=1S/C19H24N2O5S/c1-26-15-8-14(9-18(23)24)21(11-15)19(25)12-7-17(22)20(10-12)13-3-5-16(27-2)6-4-13/h3-6,12,14-15H,7-11H2,1-2H3,(H,23,24). The molecule has 1 aromatic carbocycles. The molecule has 27 heavy (non-hydrogen) atoms. The van der Waals surface area contributed by atoms with Crippen LogP contribution in [0.5, 0.6) is 0 Å². The topological polar surface area (TPSA) is 87.1 Å². The number of hydrogen-bond acceptors (Lipinski definition) is 5. The molecule has 1 aromatic rings. The molecule has 0 saturated carbocycles. The fourth-order valence-corrected chi connectivity index (χ4v) is 4.24. The van der Waals surface area contributed by atoms with E-state index in [0.29, 0.717) is 19.5 Å². The summed E-state index contributed by atoms with van der Waals surface area (Å²) in [5.41, 5.74) is 0.784. The van der Waals surface area contributed by atoms with E-state index in [-0.39, 0.29) is 36.8 Å². The van der Waals surface area contributed by atoms with E-state index < -0.39 is 11.9 Å². The lowest BCUT2D eigenvalue weighted by Crippen LogP contribution is -2.41. The molecule has 7 nitrogen and oxygen atoms in total. The molecule has 2 heterocycles. The van der Waals surface area contributed by atoms with Crippen molar-refractivity contribution >= 4 is 35.2 Å². The van der Waals surface area contributed by atoms with Crippen molar-refractivity contribution < 1.29 is 24.2 Å². The van der Waals surface area contributed by atoms with Crippen LogP contribution < -0.4 is 4.90 Å². The number of aliphatic carboxylic acids is 1. The highest BCUT2D eigenvalue weighted by atomic mass is 32.2. The molecule has 3 atom stereocenters. The van der Waals surface area contributed by atoms with Gasteiger partial charge in [-0.25, -0.2) is 0 Å². The molecular formula is C19H24N2O5S. The second-order valence-corrected chi connectivity index (χ2v) is 7.82. The maximum Gasteiger partial charge on any atom is 0.305 e. The second-order valence-electron chi connectivity index (χ2n) is 6.94. The molecule has 0 aliphatic carbocycles. The molecule has 2 aliphatic rings. The summed E-state index contributed by atoms with van der Waals surface area (Å²) in [6.45, 7) is 0.699. The number of carboxylic acid groups (broad SMARTS) is 1. The molecule has 2 saturated heterocycles. The highest BCUT2D eigenvalue weighted by molar-refractivity contribution is 7.98. The van der Waals surface area contributed by atoms with Crippen LogP contribution in [0.25, 0.3) is 0 Å². The SMILES string of the molecule is COC1CC(CC(=O)O)N(C(=O)C2CC(=O)N(c3ccc(SC)cc3)C2)C1. The number of benzene rings is 1. The monoisotopic (exact) mass is 392 g/mol. The van der Waals surface area contributed by atoms with E-state index in [9.17, 15) is 14.4 Å². The molecule has 1 N–H and O–H groups in total. The van der Waals surface area contributed by atoms with Gasteiger partial charge in [-0.15, -0.1) is 11.8 Å². The van der Waals surface area contributed by atoms with Crippen molar-refractivity contribution in [2.45, 2.75) is 36.3 Å². The van der Waals surface area contributed by atoms with Crippen molar-refractivity contribution in [3.63, 3.8) is 0 Å². The Hall–Kier alpha value is -2.06. The average Bonchev–Trinajstić information content (AvgIpc) is 3.24. The highest BCUT2D eigenvalue weighted by Crippen LogP contribution is 2.31. The first-order chi connectivity index (χ1) is 12.9. The minimum absolute atomic E-state index is 0.0810. The maximum atomic E-state index is 13.0. The number of anilines is 1. The van der Waals surface area contributed by atoms with Gasteiger partial charge in [0.25, 0.3) is 0 Å². The van der Waals surface area contributed by atoms with Crippen molar-refractivity contribution in [1.29, 1.82) is 0 Å². The minimum atomic E-state index is -0.937. The molecule has 2 amide bonds.